The number of aryl methyl sites for hydroxylation is 1. The Morgan fingerprint density at radius 3 is 2.55 bits per heavy atom. The molecule has 11 nitrogen and oxygen atoms in total. The summed E-state index contributed by atoms with van der Waals surface area (Å²) in [6.07, 6.45) is 4.73. The van der Waals surface area contributed by atoms with Gasteiger partial charge < -0.3 is 28.9 Å². The summed E-state index contributed by atoms with van der Waals surface area (Å²) in [4.78, 5) is 21.6. The van der Waals surface area contributed by atoms with Crippen LogP contribution in [0.2, 0.25) is 0 Å². The SMILES string of the molecule is C[C@@H]1CCCCO[C@@H](CN(C)S(=O)(=O)c2cn(C)cn2)[C@H](C)CN([C@@H](C)CO)C(=O)c2cc(N(C)C)ccc2O1. The lowest BCUT2D eigenvalue weighted by molar-refractivity contribution is -0.00835. The van der Waals surface area contributed by atoms with Crippen LogP contribution in [0, 0.1) is 5.92 Å². The molecule has 0 bridgehead atoms. The topological polar surface area (TPSA) is 117 Å². The molecule has 3 rings (SSSR count). The van der Waals surface area contributed by atoms with Gasteiger partial charge in [0.15, 0.2) is 5.03 Å². The molecular weight excluding hydrogens is 534 g/mol. The number of ether oxygens (including phenoxy) is 2. The van der Waals surface area contributed by atoms with E-state index in [1.54, 1.807) is 23.4 Å². The van der Waals surface area contributed by atoms with E-state index in [4.69, 9.17) is 9.47 Å². The van der Waals surface area contributed by atoms with Gasteiger partial charge in [0.25, 0.3) is 15.9 Å². The molecule has 224 valence electrons. The minimum absolute atomic E-state index is 0.0287. The molecule has 2 heterocycles. The number of imidazole rings is 1. The lowest BCUT2D eigenvalue weighted by atomic mass is 10.0. The van der Waals surface area contributed by atoms with E-state index >= 15 is 0 Å². The van der Waals surface area contributed by atoms with E-state index in [-0.39, 0.29) is 42.7 Å². The van der Waals surface area contributed by atoms with Gasteiger partial charge in [-0.3, -0.25) is 4.79 Å². The fourth-order valence-corrected chi connectivity index (χ4v) is 5.83. The van der Waals surface area contributed by atoms with Crippen LogP contribution in [0.3, 0.4) is 0 Å². The minimum Gasteiger partial charge on any atom is -0.490 e. The van der Waals surface area contributed by atoms with Gasteiger partial charge in [-0.15, -0.1) is 0 Å². The zero-order valence-corrected chi connectivity index (χ0v) is 25.6. The molecule has 2 aromatic rings. The molecule has 1 amide bonds. The number of hydrogen-bond acceptors (Lipinski definition) is 8. The summed E-state index contributed by atoms with van der Waals surface area (Å²) >= 11 is 0. The number of likely N-dealkylation sites (N-methyl/N-ethyl adjacent to an activating group) is 1. The molecule has 1 N–H and O–H groups in total. The number of aliphatic hydroxyl groups is 1. The highest BCUT2D eigenvalue weighted by Crippen LogP contribution is 2.29. The molecule has 0 unspecified atom stereocenters. The highest BCUT2D eigenvalue weighted by atomic mass is 32.2. The number of aromatic nitrogens is 2. The fourth-order valence-electron chi connectivity index (χ4n) is 4.68. The highest BCUT2D eigenvalue weighted by Gasteiger charge is 2.33. The number of aliphatic hydroxyl groups excluding tert-OH is 1. The Kier molecular flexibility index (Phi) is 11.0. The quantitative estimate of drug-likeness (QED) is 0.532. The number of carbonyl (C=O) groups is 1. The Morgan fingerprint density at radius 1 is 1.20 bits per heavy atom. The number of fused-ring (bicyclic) bond motifs is 1. The summed E-state index contributed by atoms with van der Waals surface area (Å²) in [5.41, 5.74) is 1.28. The Hall–Kier alpha value is -2.67. The summed E-state index contributed by atoms with van der Waals surface area (Å²) in [7, 11) is 3.22. The third-order valence-corrected chi connectivity index (χ3v) is 9.05. The van der Waals surface area contributed by atoms with Crippen molar-refractivity contribution >= 4 is 21.6 Å². The number of carbonyl (C=O) groups excluding carboxylic acids is 1. The number of nitrogens with zero attached hydrogens (tertiary/aromatic N) is 5. The van der Waals surface area contributed by atoms with Gasteiger partial charge in [0.2, 0.25) is 0 Å². The first-order chi connectivity index (χ1) is 18.8. The minimum atomic E-state index is -3.83. The Morgan fingerprint density at radius 2 is 1.93 bits per heavy atom. The van der Waals surface area contributed by atoms with Crippen LogP contribution in [0.1, 0.15) is 50.4 Å². The van der Waals surface area contributed by atoms with Gasteiger partial charge in [-0.2, -0.15) is 4.31 Å². The first kappa shape index (κ1) is 31.9. The van der Waals surface area contributed by atoms with Crippen molar-refractivity contribution in [1.29, 1.82) is 0 Å². The van der Waals surface area contributed by atoms with Crippen molar-refractivity contribution in [3.63, 3.8) is 0 Å². The van der Waals surface area contributed by atoms with Crippen molar-refractivity contribution in [2.24, 2.45) is 13.0 Å². The van der Waals surface area contributed by atoms with Crippen LogP contribution in [-0.2, 0) is 21.8 Å². The van der Waals surface area contributed by atoms with Crippen LogP contribution < -0.4 is 9.64 Å². The molecule has 1 aromatic heterocycles. The van der Waals surface area contributed by atoms with Crippen LogP contribution in [-0.4, -0.2) is 104 Å². The molecule has 4 atom stereocenters. The Labute approximate surface area is 238 Å². The molecular formula is C28H45N5O6S. The van der Waals surface area contributed by atoms with E-state index in [0.29, 0.717) is 17.9 Å². The van der Waals surface area contributed by atoms with Gasteiger partial charge in [0, 0.05) is 65.7 Å². The molecule has 0 saturated carbocycles. The number of sulfonamides is 1. The second kappa shape index (κ2) is 13.8. The predicted molar refractivity (Wildman–Crippen MR) is 154 cm³/mol. The van der Waals surface area contributed by atoms with Gasteiger partial charge in [-0.05, 0) is 51.3 Å². The molecule has 40 heavy (non-hydrogen) atoms. The smallest absolute Gasteiger partial charge is 0.261 e. The van der Waals surface area contributed by atoms with Crippen LogP contribution in [0.5, 0.6) is 5.75 Å². The monoisotopic (exact) mass is 579 g/mol. The van der Waals surface area contributed by atoms with Crippen molar-refractivity contribution in [3.05, 3.63) is 36.3 Å². The third kappa shape index (κ3) is 7.74. The average molecular weight is 580 g/mol. The molecule has 0 radical (unpaired) electrons. The average Bonchev–Trinajstić information content (AvgIpc) is 3.36. The van der Waals surface area contributed by atoms with Crippen molar-refractivity contribution in [1.82, 2.24) is 18.8 Å². The number of amides is 1. The van der Waals surface area contributed by atoms with Crippen LogP contribution in [0.25, 0.3) is 0 Å². The lowest BCUT2D eigenvalue weighted by Crippen LogP contribution is -2.48. The summed E-state index contributed by atoms with van der Waals surface area (Å²) in [6, 6.07) is 5.09. The summed E-state index contributed by atoms with van der Waals surface area (Å²) in [5.74, 6) is 0.00380. The van der Waals surface area contributed by atoms with E-state index < -0.39 is 22.2 Å². The molecule has 0 spiro atoms. The maximum Gasteiger partial charge on any atom is 0.261 e. The molecule has 1 aliphatic heterocycles. The maximum atomic E-state index is 14.1. The second-order valence-corrected chi connectivity index (χ2v) is 13.0. The van der Waals surface area contributed by atoms with E-state index in [1.165, 1.54) is 23.9 Å². The van der Waals surface area contributed by atoms with Crippen LogP contribution >= 0.6 is 0 Å². The molecule has 1 aromatic carbocycles. The van der Waals surface area contributed by atoms with Gasteiger partial charge in [0.05, 0.1) is 36.7 Å². The fraction of sp³-hybridized carbons (Fsp3) is 0.643. The zero-order valence-electron chi connectivity index (χ0n) is 24.8. The predicted octanol–water partition coefficient (Wildman–Crippen LogP) is 2.60. The van der Waals surface area contributed by atoms with E-state index in [1.807, 2.05) is 51.0 Å². The van der Waals surface area contributed by atoms with Crippen molar-refractivity contribution in [2.45, 2.75) is 63.3 Å². The molecule has 12 heteroatoms. The zero-order chi connectivity index (χ0) is 29.6. The van der Waals surface area contributed by atoms with Crippen molar-refractivity contribution in [3.8, 4) is 5.75 Å². The molecule has 0 saturated heterocycles. The first-order valence-corrected chi connectivity index (χ1v) is 15.2. The second-order valence-electron chi connectivity index (χ2n) is 11.0. The Bertz CT molecular complexity index is 1230. The van der Waals surface area contributed by atoms with Gasteiger partial charge in [0.1, 0.15) is 5.75 Å². The normalized spacial score (nSPS) is 22.4. The third-order valence-electron chi connectivity index (χ3n) is 7.34. The van der Waals surface area contributed by atoms with Crippen LogP contribution in [0.4, 0.5) is 5.69 Å². The van der Waals surface area contributed by atoms with Crippen molar-refractivity contribution < 1.29 is 27.8 Å². The number of hydrogen-bond donors (Lipinski definition) is 1. The maximum absolute atomic E-state index is 14.1. The van der Waals surface area contributed by atoms with Gasteiger partial charge in [-0.1, -0.05) is 6.92 Å². The highest BCUT2D eigenvalue weighted by molar-refractivity contribution is 7.89. The van der Waals surface area contributed by atoms with Gasteiger partial charge in [-0.25, -0.2) is 13.4 Å². The van der Waals surface area contributed by atoms with Crippen molar-refractivity contribution in [2.75, 3.05) is 52.3 Å². The summed E-state index contributed by atoms with van der Waals surface area (Å²) in [5, 5.41) is 10.1. The summed E-state index contributed by atoms with van der Waals surface area (Å²) in [6.45, 7) is 6.29. The number of anilines is 1. The van der Waals surface area contributed by atoms with E-state index in [0.717, 1.165) is 24.9 Å². The first-order valence-electron chi connectivity index (χ1n) is 13.8. The standard InChI is InChI=1S/C28H45N5O6S/c1-20-15-33(21(2)18-34)28(35)24-14-23(30(4)5)11-12-25(24)39-22(3)10-8-9-13-38-26(20)16-32(7)40(36,37)27-17-31(6)19-29-27/h11-12,14,17,19-22,26,34H,8-10,13,15-16,18H2,1-7H3/t20-,21+,22-,26+/m1/s1. The molecule has 0 fully saturated rings. The molecule has 0 aliphatic carbocycles. The van der Waals surface area contributed by atoms with E-state index in [9.17, 15) is 18.3 Å². The number of rotatable bonds is 7. The summed E-state index contributed by atoms with van der Waals surface area (Å²) < 4.78 is 41.8. The molecule has 1 aliphatic rings. The Balaban J connectivity index is 1.96. The largest absolute Gasteiger partial charge is 0.490 e. The number of benzene rings is 1. The van der Waals surface area contributed by atoms with Crippen LogP contribution in [0.15, 0.2) is 35.7 Å². The van der Waals surface area contributed by atoms with Gasteiger partial charge >= 0.3 is 0 Å². The van der Waals surface area contributed by atoms with E-state index in [2.05, 4.69) is 4.98 Å². The lowest BCUT2D eigenvalue weighted by Gasteiger charge is -2.35.